The number of hydrogen-bond acceptors (Lipinski definition) is 2. The molecule has 0 saturated heterocycles. The van der Waals surface area contributed by atoms with E-state index in [9.17, 15) is 0 Å². The minimum atomic E-state index is 0.0968. The molecule has 17 heavy (non-hydrogen) atoms. The molecule has 0 radical (unpaired) electrons. The molecule has 0 fully saturated rings. The summed E-state index contributed by atoms with van der Waals surface area (Å²) in [6.45, 7) is 2.05. The van der Waals surface area contributed by atoms with E-state index in [0.29, 0.717) is 0 Å². The number of aliphatic imine (C=N–C) groups is 1. The van der Waals surface area contributed by atoms with E-state index in [4.69, 9.17) is 11.0 Å². The van der Waals surface area contributed by atoms with Gasteiger partial charge in [-0.25, -0.2) is 4.99 Å². The van der Waals surface area contributed by atoms with Crippen molar-refractivity contribution in [1.29, 1.82) is 5.26 Å². The van der Waals surface area contributed by atoms with Crippen molar-refractivity contribution in [3.63, 3.8) is 0 Å². The Morgan fingerprint density at radius 3 is 2.94 bits per heavy atom. The summed E-state index contributed by atoms with van der Waals surface area (Å²) in [4.78, 5) is 4.09. The number of nitriles is 1. The van der Waals surface area contributed by atoms with E-state index in [1.54, 1.807) is 6.19 Å². The van der Waals surface area contributed by atoms with E-state index < -0.39 is 0 Å². The van der Waals surface area contributed by atoms with Crippen molar-refractivity contribution in [3.8, 4) is 6.19 Å². The van der Waals surface area contributed by atoms with Gasteiger partial charge in [-0.05, 0) is 31.2 Å². The topological polar surface area (TPSA) is 79.1 Å². The third kappa shape index (κ3) is 2.06. The summed E-state index contributed by atoms with van der Waals surface area (Å²) in [7, 11) is 2.02. The zero-order valence-electron chi connectivity index (χ0n) is 9.73. The normalized spacial score (nSPS) is 11.5. The molecule has 2 rings (SSSR count). The number of rotatable bonds is 1. The molecule has 0 atom stereocenters. The second-order valence-electron chi connectivity index (χ2n) is 3.82. The summed E-state index contributed by atoms with van der Waals surface area (Å²) in [6.07, 6.45) is 1.73. The number of fused-ring (bicyclic) bond motifs is 1. The Hall–Kier alpha value is -2.48. The van der Waals surface area contributed by atoms with Crippen LogP contribution in [0.2, 0.25) is 0 Å². The lowest BCUT2D eigenvalue weighted by Gasteiger charge is -2.00. The molecule has 2 aromatic rings. The lowest BCUT2D eigenvalue weighted by atomic mass is 10.2. The molecule has 0 spiro atoms. The highest BCUT2D eigenvalue weighted by Gasteiger charge is 2.02. The molecule has 1 heterocycles. The zero-order valence-corrected chi connectivity index (χ0v) is 9.73. The van der Waals surface area contributed by atoms with E-state index in [2.05, 4.69) is 27.9 Å². The van der Waals surface area contributed by atoms with Crippen LogP contribution in [0.1, 0.15) is 5.69 Å². The van der Waals surface area contributed by atoms with E-state index >= 15 is 0 Å². The molecule has 0 aliphatic carbocycles. The average Bonchev–Trinajstić information content (AvgIpc) is 2.55. The highest BCUT2D eigenvalue weighted by Crippen LogP contribution is 2.23. The SMILES string of the molecule is Cc1cc2cc(N=C(N)NC#N)ccc2n1C. The highest BCUT2D eigenvalue weighted by atomic mass is 15.1. The first-order valence-electron chi connectivity index (χ1n) is 5.17. The van der Waals surface area contributed by atoms with Crippen molar-refractivity contribution in [2.45, 2.75) is 6.92 Å². The van der Waals surface area contributed by atoms with E-state index in [-0.39, 0.29) is 5.96 Å². The molecule has 5 nitrogen and oxygen atoms in total. The number of aromatic nitrogens is 1. The molecular weight excluding hydrogens is 214 g/mol. The fourth-order valence-corrected chi connectivity index (χ4v) is 1.77. The Labute approximate surface area is 99.2 Å². The van der Waals surface area contributed by atoms with Crippen molar-refractivity contribution in [3.05, 3.63) is 30.0 Å². The first-order chi connectivity index (χ1) is 8.11. The van der Waals surface area contributed by atoms with Gasteiger partial charge in [-0.3, -0.25) is 5.32 Å². The van der Waals surface area contributed by atoms with Crippen LogP contribution in [-0.4, -0.2) is 10.5 Å². The number of aryl methyl sites for hydroxylation is 2. The summed E-state index contributed by atoms with van der Waals surface area (Å²) >= 11 is 0. The number of benzene rings is 1. The first kappa shape index (κ1) is 11.0. The van der Waals surface area contributed by atoms with Gasteiger partial charge in [-0.1, -0.05) is 0 Å². The van der Waals surface area contributed by atoms with E-state index in [1.807, 2.05) is 25.2 Å². The average molecular weight is 227 g/mol. The number of hydrogen-bond donors (Lipinski definition) is 2. The van der Waals surface area contributed by atoms with Crippen molar-refractivity contribution < 1.29 is 0 Å². The van der Waals surface area contributed by atoms with Gasteiger partial charge < -0.3 is 10.3 Å². The monoisotopic (exact) mass is 227 g/mol. The van der Waals surface area contributed by atoms with Crippen LogP contribution in [0, 0.1) is 18.4 Å². The number of nitrogens with one attached hydrogen (secondary N) is 1. The lowest BCUT2D eigenvalue weighted by molar-refractivity contribution is 0.918. The van der Waals surface area contributed by atoms with Gasteiger partial charge in [-0.15, -0.1) is 0 Å². The van der Waals surface area contributed by atoms with Gasteiger partial charge in [-0.2, -0.15) is 5.26 Å². The molecule has 0 saturated carbocycles. The number of nitrogens with zero attached hydrogens (tertiary/aromatic N) is 3. The molecule has 0 bridgehead atoms. The maximum atomic E-state index is 8.40. The third-order valence-corrected chi connectivity index (χ3v) is 2.70. The summed E-state index contributed by atoms with van der Waals surface area (Å²) in [5.41, 5.74) is 8.56. The molecule has 86 valence electrons. The first-order valence-corrected chi connectivity index (χ1v) is 5.17. The van der Waals surface area contributed by atoms with Crippen LogP contribution < -0.4 is 11.1 Å². The van der Waals surface area contributed by atoms with Gasteiger partial charge in [0.15, 0.2) is 6.19 Å². The summed E-state index contributed by atoms with van der Waals surface area (Å²) in [5.74, 6) is 0.0968. The van der Waals surface area contributed by atoms with Crippen LogP contribution in [0.3, 0.4) is 0 Å². The second-order valence-corrected chi connectivity index (χ2v) is 3.82. The Balaban J connectivity index is 2.46. The summed E-state index contributed by atoms with van der Waals surface area (Å²) in [6, 6.07) is 7.88. The molecule has 0 aliphatic heterocycles. The standard InChI is InChI=1S/C12H13N5/c1-8-5-9-6-10(16-12(14)15-7-13)3-4-11(9)17(8)2/h3-6H,1-2H3,(H3,14,15,16). The highest BCUT2D eigenvalue weighted by molar-refractivity contribution is 5.87. The van der Waals surface area contributed by atoms with Gasteiger partial charge in [0.25, 0.3) is 0 Å². The fraction of sp³-hybridized carbons (Fsp3) is 0.167. The van der Waals surface area contributed by atoms with Crippen LogP contribution in [0.25, 0.3) is 10.9 Å². The molecule has 0 aliphatic rings. The van der Waals surface area contributed by atoms with Gasteiger partial charge >= 0.3 is 0 Å². The van der Waals surface area contributed by atoms with Crippen molar-refractivity contribution in [2.24, 2.45) is 17.8 Å². The van der Waals surface area contributed by atoms with Crippen LogP contribution >= 0.6 is 0 Å². The van der Waals surface area contributed by atoms with Crippen LogP contribution in [0.5, 0.6) is 0 Å². The van der Waals surface area contributed by atoms with E-state index in [0.717, 1.165) is 16.6 Å². The molecule has 3 N–H and O–H groups in total. The molecule has 1 aromatic carbocycles. The predicted octanol–water partition coefficient (Wildman–Crippen LogP) is 1.50. The maximum Gasteiger partial charge on any atom is 0.207 e. The minimum Gasteiger partial charge on any atom is -0.369 e. The third-order valence-electron chi connectivity index (χ3n) is 2.70. The van der Waals surface area contributed by atoms with E-state index in [1.165, 1.54) is 5.69 Å². The smallest absolute Gasteiger partial charge is 0.207 e. The zero-order chi connectivity index (χ0) is 12.4. The van der Waals surface area contributed by atoms with Crippen molar-refractivity contribution in [2.75, 3.05) is 0 Å². The molecule has 0 amide bonds. The van der Waals surface area contributed by atoms with Gasteiger partial charge in [0.2, 0.25) is 5.96 Å². The Morgan fingerprint density at radius 1 is 1.47 bits per heavy atom. The summed E-state index contributed by atoms with van der Waals surface area (Å²) in [5, 5.41) is 11.8. The van der Waals surface area contributed by atoms with Gasteiger partial charge in [0, 0.05) is 23.6 Å². The Bertz CT molecular complexity index is 630. The predicted molar refractivity (Wildman–Crippen MR) is 67.7 cm³/mol. The molecule has 5 heteroatoms. The molecule has 1 aromatic heterocycles. The van der Waals surface area contributed by atoms with Crippen LogP contribution in [0.4, 0.5) is 5.69 Å². The van der Waals surface area contributed by atoms with Crippen molar-refractivity contribution >= 4 is 22.5 Å². The Kier molecular flexibility index (Phi) is 2.71. The number of guanidine groups is 1. The van der Waals surface area contributed by atoms with Crippen molar-refractivity contribution in [1.82, 2.24) is 9.88 Å². The van der Waals surface area contributed by atoms with Gasteiger partial charge in [0.05, 0.1) is 5.69 Å². The molecule has 0 unspecified atom stereocenters. The Morgan fingerprint density at radius 2 is 2.24 bits per heavy atom. The summed E-state index contributed by atoms with van der Waals surface area (Å²) < 4.78 is 2.11. The largest absolute Gasteiger partial charge is 0.369 e. The van der Waals surface area contributed by atoms with Crippen LogP contribution in [-0.2, 0) is 7.05 Å². The minimum absolute atomic E-state index is 0.0968. The van der Waals surface area contributed by atoms with Gasteiger partial charge in [0.1, 0.15) is 0 Å². The van der Waals surface area contributed by atoms with Crippen LogP contribution in [0.15, 0.2) is 29.3 Å². The molecular formula is C12H13N5. The number of nitrogens with two attached hydrogens (primary N) is 1. The lowest BCUT2D eigenvalue weighted by Crippen LogP contribution is -2.26. The fourth-order valence-electron chi connectivity index (χ4n) is 1.77. The second kappa shape index (κ2) is 4.18. The maximum absolute atomic E-state index is 8.40. The quantitative estimate of drug-likeness (QED) is 0.335.